The van der Waals surface area contributed by atoms with Gasteiger partial charge in [-0.1, -0.05) is 13.0 Å². The van der Waals surface area contributed by atoms with E-state index in [1.807, 2.05) is 18.4 Å². The molecule has 1 fully saturated rings. The van der Waals surface area contributed by atoms with Crippen LogP contribution in [0.4, 0.5) is 0 Å². The molecule has 5 nitrogen and oxygen atoms in total. The van der Waals surface area contributed by atoms with Gasteiger partial charge < -0.3 is 15.5 Å². The highest BCUT2D eigenvalue weighted by molar-refractivity contribution is 14.0. The number of thiophene rings is 1. The lowest BCUT2D eigenvalue weighted by Crippen LogP contribution is -2.52. The molecule has 0 spiro atoms. The summed E-state index contributed by atoms with van der Waals surface area (Å²) in [5.74, 6) is 1.51. The SMILES string of the molecule is CN=C(NCC(C)Cc1cccs1)NCC(C)N1CCN(C)CC1.I. The predicted octanol–water partition coefficient (Wildman–Crippen LogP) is 2.35. The van der Waals surface area contributed by atoms with Crippen molar-refractivity contribution in [1.29, 1.82) is 0 Å². The van der Waals surface area contributed by atoms with Gasteiger partial charge in [0, 0.05) is 57.2 Å². The molecule has 0 aromatic carbocycles. The molecule has 1 aromatic heterocycles. The Hall–Kier alpha value is -0.380. The van der Waals surface area contributed by atoms with E-state index in [1.54, 1.807) is 0 Å². The van der Waals surface area contributed by atoms with Crippen LogP contribution in [0.1, 0.15) is 18.7 Å². The van der Waals surface area contributed by atoms with E-state index in [-0.39, 0.29) is 24.0 Å². The third kappa shape index (κ3) is 8.23. The molecule has 0 amide bonds. The Kier molecular flexibility index (Phi) is 11.0. The van der Waals surface area contributed by atoms with E-state index in [4.69, 9.17) is 0 Å². The molecular formula is C18H34IN5S. The largest absolute Gasteiger partial charge is 0.356 e. The van der Waals surface area contributed by atoms with Crippen molar-refractivity contribution >= 4 is 41.3 Å². The van der Waals surface area contributed by atoms with Crippen LogP contribution in [0.25, 0.3) is 0 Å². The van der Waals surface area contributed by atoms with Gasteiger partial charge in [0.05, 0.1) is 0 Å². The first-order valence-electron chi connectivity index (χ1n) is 8.98. The molecule has 0 bridgehead atoms. The Balaban J connectivity index is 0.00000312. The molecule has 2 unspecified atom stereocenters. The summed E-state index contributed by atoms with van der Waals surface area (Å²) in [7, 11) is 4.04. The fourth-order valence-electron chi connectivity index (χ4n) is 2.97. The maximum absolute atomic E-state index is 4.36. The summed E-state index contributed by atoms with van der Waals surface area (Å²) >= 11 is 1.84. The molecule has 2 N–H and O–H groups in total. The van der Waals surface area contributed by atoms with Crippen LogP contribution in [0.3, 0.4) is 0 Å². The number of nitrogens with zero attached hydrogens (tertiary/aromatic N) is 3. The van der Waals surface area contributed by atoms with Gasteiger partial charge in [-0.15, -0.1) is 35.3 Å². The normalized spacial score (nSPS) is 19.1. The van der Waals surface area contributed by atoms with Crippen LogP contribution in [0.5, 0.6) is 0 Å². The highest BCUT2D eigenvalue weighted by atomic mass is 127. The maximum Gasteiger partial charge on any atom is 0.191 e. The average Bonchev–Trinajstić information content (AvgIpc) is 3.08. The molecule has 0 aliphatic carbocycles. The summed E-state index contributed by atoms with van der Waals surface area (Å²) < 4.78 is 0. The summed E-state index contributed by atoms with van der Waals surface area (Å²) in [4.78, 5) is 10.8. The quantitative estimate of drug-likeness (QED) is 0.358. The topological polar surface area (TPSA) is 42.9 Å². The van der Waals surface area contributed by atoms with Gasteiger partial charge in [0.2, 0.25) is 0 Å². The predicted molar refractivity (Wildman–Crippen MR) is 120 cm³/mol. The minimum absolute atomic E-state index is 0. The van der Waals surface area contributed by atoms with Gasteiger partial charge in [-0.2, -0.15) is 0 Å². The Bertz CT molecular complexity index is 486. The molecule has 0 radical (unpaired) electrons. The molecule has 1 aliphatic rings. The van der Waals surface area contributed by atoms with Crippen molar-refractivity contribution in [3.05, 3.63) is 22.4 Å². The Morgan fingerprint density at radius 2 is 1.88 bits per heavy atom. The molecule has 2 atom stereocenters. The van der Waals surface area contributed by atoms with Gasteiger partial charge >= 0.3 is 0 Å². The lowest BCUT2D eigenvalue weighted by atomic mass is 10.1. The average molecular weight is 479 g/mol. The van der Waals surface area contributed by atoms with Gasteiger partial charge in [-0.25, -0.2) is 0 Å². The van der Waals surface area contributed by atoms with Crippen LogP contribution in [-0.2, 0) is 6.42 Å². The van der Waals surface area contributed by atoms with Crippen molar-refractivity contribution in [2.45, 2.75) is 26.3 Å². The van der Waals surface area contributed by atoms with Crippen molar-refractivity contribution in [2.75, 3.05) is 53.4 Å². The van der Waals surface area contributed by atoms with Crippen molar-refractivity contribution in [2.24, 2.45) is 10.9 Å². The highest BCUT2D eigenvalue weighted by Gasteiger charge is 2.19. The van der Waals surface area contributed by atoms with Crippen LogP contribution in [0, 0.1) is 5.92 Å². The summed E-state index contributed by atoms with van der Waals surface area (Å²) in [6, 6.07) is 4.87. The van der Waals surface area contributed by atoms with Crippen LogP contribution < -0.4 is 10.6 Å². The van der Waals surface area contributed by atoms with Crippen molar-refractivity contribution < 1.29 is 0 Å². The van der Waals surface area contributed by atoms with Crippen LogP contribution >= 0.6 is 35.3 Å². The smallest absolute Gasteiger partial charge is 0.191 e. The second kappa shape index (κ2) is 12.1. The van der Waals surface area contributed by atoms with Gasteiger partial charge in [0.15, 0.2) is 5.96 Å². The summed E-state index contributed by atoms with van der Waals surface area (Å²) in [5.41, 5.74) is 0. The second-order valence-electron chi connectivity index (χ2n) is 6.91. The molecule has 144 valence electrons. The Labute approximate surface area is 174 Å². The first-order chi connectivity index (χ1) is 11.6. The minimum atomic E-state index is 0. The second-order valence-corrected chi connectivity index (χ2v) is 7.94. The summed E-state index contributed by atoms with van der Waals surface area (Å²) in [5, 5.41) is 9.09. The number of halogens is 1. The number of hydrogen-bond acceptors (Lipinski definition) is 4. The number of rotatable bonds is 7. The fraction of sp³-hybridized carbons (Fsp3) is 0.722. The van der Waals surface area contributed by atoms with Gasteiger partial charge in [-0.3, -0.25) is 9.89 Å². The molecule has 1 aromatic rings. The minimum Gasteiger partial charge on any atom is -0.356 e. The van der Waals surface area contributed by atoms with E-state index in [0.29, 0.717) is 12.0 Å². The van der Waals surface area contributed by atoms with E-state index in [1.165, 1.54) is 4.88 Å². The zero-order valence-corrected chi connectivity index (χ0v) is 19.1. The van der Waals surface area contributed by atoms with Crippen LogP contribution in [0.2, 0.25) is 0 Å². The van der Waals surface area contributed by atoms with Crippen LogP contribution in [-0.4, -0.2) is 75.2 Å². The van der Waals surface area contributed by atoms with E-state index in [9.17, 15) is 0 Å². The first-order valence-corrected chi connectivity index (χ1v) is 9.86. The van der Waals surface area contributed by atoms with E-state index >= 15 is 0 Å². The number of piperazine rings is 1. The van der Waals surface area contributed by atoms with Crippen molar-refractivity contribution in [3.8, 4) is 0 Å². The first kappa shape index (κ1) is 22.7. The molecule has 1 aliphatic heterocycles. The Morgan fingerprint density at radius 1 is 1.20 bits per heavy atom. The molecule has 0 saturated carbocycles. The summed E-state index contributed by atoms with van der Waals surface area (Å²) in [6.07, 6.45) is 1.12. The standard InChI is InChI=1S/C18H33N5S.HI/c1-15(12-17-6-5-11-24-17)13-20-18(19-3)21-14-16(2)23-9-7-22(4)8-10-23;/h5-6,11,15-16H,7-10,12-14H2,1-4H3,(H2,19,20,21);1H. The number of aliphatic imine (C=N–C) groups is 1. The van der Waals surface area contributed by atoms with Gasteiger partial charge in [-0.05, 0) is 37.8 Å². The molecular weight excluding hydrogens is 445 g/mol. The third-order valence-electron chi connectivity index (χ3n) is 4.70. The number of guanidine groups is 1. The van der Waals surface area contributed by atoms with Crippen molar-refractivity contribution in [1.82, 2.24) is 20.4 Å². The summed E-state index contributed by atoms with van der Waals surface area (Å²) in [6.45, 7) is 11.1. The van der Waals surface area contributed by atoms with E-state index < -0.39 is 0 Å². The third-order valence-corrected chi connectivity index (χ3v) is 5.60. The van der Waals surface area contributed by atoms with Gasteiger partial charge in [0.25, 0.3) is 0 Å². The van der Waals surface area contributed by atoms with E-state index in [0.717, 1.165) is 51.6 Å². The van der Waals surface area contributed by atoms with Crippen LogP contribution in [0.15, 0.2) is 22.5 Å². The highest BCUT2D eigenvalue weighted by Crippen LogP contribution is 2.13. The Morgan fingerprint density at radius 3 is 2.48 bits per heavy atom. The number of nitrogens with one attached hydrogen (secondary N) is 2. The molecule has 2 rings (SSSR count). The monoisotopic (exact) mass is 479 g/mol. The fourth-order valence-corrected chi connectivity index (χ4v) is 3.84. The molecule has 1 saturated heterocycles. The lowest BCUT2D eigenvalue weighted by molar-refractivity contribution is 0.120. The zero-order chi connectivity index (χ0) is 17.4. The van der Waals surface area contributed by atoms with Gasteiger partial charge in [0.1, 0.15) is 0 Å². The number of likely N-dealkylation sites (N-methyl/N-ethyl adjacent to an activating group) is 1. The van der Waals surface area contributed by atoms with Crippen molar-refractivity contribution in [3.63, 3.8) is 0 Å². The molecule has 2 heterocycles. The zero-order valence-electron chi connectivity index (χ0n) is 16.0. The lowest BCUT2D eigenvalue weighted by Gasteiger charge is -2.36. The maximum atomic E-state index is 4.36. The molecule has 7 heteroatoms. The molecule has 25 heavy (non-hydrogen) atoms. The van der Waals surface area contributed by atoms with E-state index in [2.05, 4.69) is 63.8 Å². The number of hydrogen-bond donors (Lipinski definition) is 2.